The summed E-state index contributed by atoms with van der Waals surface area (Å²) in [5, 5.41) is 8.05. The molecule has 1 heterocycles. The number of aromatic nitrogens is 2. The standard InChI is InChI=1S/C13H10ClN3O2/c1-7-2-4-10(8(14)6-7)18-11-5-3-9(15)12-13(11)17-19-16-12/h2-6H,15H2,1H3. The summed E-state index contributed by atoms with van der Waals surface area (Å²) in [5.74, 6) is 1.04. The van der Waals surface area contributed by atoms with E-state index in [1.54, 1.807) is 18.2 Å². The van der Waals surface area contributed by atoms with Crippen LogP contribution >= 0.6 is 11.6 Å². The third kappa shape index (κ3) is 2.08. The van der Waals surface area contributed by atoms with Crippen LogP contribution in [0, 0.1) is 6.92 Å². The molecule has 2 N–H and O–H groups in total. The Kier molecular flexibility index (Phi) is 2.76. The van der Waals surface area contributed by atoms with Gasteiger partial charge >= 0.3 is 0 Å². The Morgan fingerprint density at radius 2 is 1.84 bits per heavy atom. The van der Waals surface area contributed by atoms with Gasteiger partial charge in [-0.25, -0.2) is 4.63 Å². The zero-order chi connectivity index (χ0) is 13.4. The first-order valence-electron chi connectivity index (χ1n) is 5.60. The maximum atomic E-state index is 6.13. The molecule has 0 aliphatic rings. The quantitative estimate of drug-likeness (QED) is 0.724. The molecule has 0 saturated carbocycles. The minimum atomic E-state index is 0.469. The number of benzene rings is 2. The highest BCUT2D eigenvalue weighted by Crippen LogP contribution is 2.34. The molecule has 5 nitrogen and oxygen atoms in total. The summed E-state index contributed by atoms with van der Waals surface area (Å²) in [5.41, 5.74) is 8.25. The molecule has 3 rings (SSSR count). The van der Waals surface area contributed by atoms with Gasteiger partial charge in [0.2, 0.25) is 0 Å². The fourth-order valence-electron chi connectivity index (χ4n) is 1.75. The first-order valence-corrected chi connectivity index (χ1v) is 5.97. The van der Waals surface area contributed by atoms with Gasteiger partial charge in [0.05, 0.1) is 10.7 Å². The highest BCUT2D eigenvalue weighted by atomic mass is 35.5. The second-order valence-corrected chi connectivity index (χ2v) is 4.56. The fourth-order valence-corrected chi connectivity index (χ4v) is 2.03. The number of anilines is 1. The molecule has 0 radical (unpaired) electrons. The van der Waals surface area contributed by atoms with Crippen LogP contribution in [0.1, 0.15) is 5.56 Å². The summed E-state index contributed by atoms with van der Waals surface area (Å²) < 4.78 is 10.4. The van der Waals surface area contributed by atoms with Crippen LogP contribution in [0.3, 0.4) is 0 Å². The van der Waals surface area contributed by atoms with Crippen LogP contribution in [0.5, 0.6) is 11.5 Å². The minimum Gasteiger partial charge on any atom is -0.453 e. The molecule has 96 valence electrons. The zero-order valence-electron chi connectivity index (χ0n) is 10.1. The van der Waals surface area contributed by atoms with Crippen LogP contribution in [-0.4, -0.2) is 10.3 Å². The largest absolute Gasteiger partial charge is 0.453 e. The molecule has 0 bridgehead atoms. The lowest BCUT2D eigenvalue weighted by Crippen LogP contribution is -1.91. The number of halogens is 1. The van der Waals surface area contributed by atoms with E-state index in [-0.39, 0.29) is 0 Å². The van der Waals surface area contributed by atoms with Gasteiger partial charge in [-0.15, -0.1) is 0 Å². The molecule has 0 aliphatic heterocycles. The van der Waals surface area contributed by atoms with E-state index in [2.05, 4.69) is 14.9 Å². The molecule has 0 saturated heterocycles. The summed E-state index contributed by atoms with van der Waals surface area (Å²) in [6, 6.07) is 8.93. The van der Waals surface area contributed by atoms with Crippen LogP contribution in [0.25, 0.3) is 11.0 Å². The van der Waals surface area contributed by atoms with Gasteiger partial charge in [0.1, 0.15) is 5.75 Å². The number of nitrogens with zero attached hydrogens (tertiary/aromatic N) is 2. The van der Waals surface area contributed by atoms with Crippen LogP contribution in [-0.2, 0) is 0 Å². The van der Waals surface area contributed by atoms with E-state index in [9.17, 15) is 0 Å². The molecular formula is C13H10ClN3O2. The van der Waals surface area contributed by atoms with Crippen LogP contribution in [0.15, 0.2) is 35.0 Å². The van der Waals surface area contributed by atoms with Gasteiger partial charge in [-0.3, -0.25) is 0 Å². The molecule has 0 unspecified atom stereocenters. The molecule has 2 aromatic carbocycles. The number of aryl methyl sites for hydroxylation is 1. The van der Waals surface area contributed by atoms with E-state index in [4.69, 9.17) is 22.1 Å². The van der Waals surface area contributed by atoms with Gasteiger partial charge in [0.15, 0.2) is 16.8 Å². The Morgan fingerprint density at radius 1 is 1.11 bits per heavy atom. The topological polar surface area (TPSA) is 74.2 Å². The van der Waals surface area contributed by atoms with Crippen molar-refractivity contribution in [1.82, 2.24) is 10.3 Å². The minimum absolute atomic E-state index is 0.469. The maximum Gasteiger partial charge on any atom is 0.179 e. The molecule has 0 amide bonds. The van der Waals surface area contributed by atoms with Crippen molar-refractivity contribution >= 4 is 28.3 Å². The molecule has 0 atom stereocenters. The predicted molar refractivity (Wildman–Crippen MR) is 72.5 cm³/mol. The van der Waals surface area contributed by atoms with Crippen LogP contribution in [0.2, 0.25) is 5.02 Å². The van der Waals surface area contributed by atoms with E-state index in [0.29, 0.717) is 33.2 Å². The Hall–Kier alpha value is -2.27. The van der Waals surface area contributed by atoms with Gasteiger partial charge in [0, 0.05) is 0 Å². The first kappa shape index (κ1) is 11.8. The summed E-state index contributed by atoms with van der Waals surface area (Å²) >= 11 is 6.13. The second kappa shape index (κ2) is 4.44. The van der Waals surface area contributed by atoms with Crippen molar-refractivity contribution in [2.75, 3.05) is 5.73 Å². The molecule has 0 spiro atoms. The number of hydrogen-bond acceptors (Lipinski definition) is 5. The van der Waals surface area contributed by atoms with Gasteiger partial charge in [-0.2, -0.15) is 0 Å². The molecule has 1 aromatic heterocycles. The highest BCUT2D eigenvalue weighted by Gasteiger charge is 2.13. The van der Waals surface area contributed by atoms with E-state index < -0.39 is 0 Å². The summed E-state index contributed by atoms with van der Waals surface area (Å²) in [4.78, 5) is 0. The van der Waals surface area contributed by atoms with Crippen molar-refractivity contribution in [1.29, 1.82) is 0 Å². The van der Waals surface area contributed by atoms with Crippen molar-refractivity contribution in [3.8, 4) is 11.5 Å². The van der Waals surface area contributed by atoms with E-state index in [1.807, 2.05) is 19.1 Å². The monoisotopic (exact) mass is 275 g/mol. The normalized spacial score (nSPS) is 10.8. The predicted octanol–water partition coefficient (Wildman–Crippen LogP) is 3.56. The Morgan fingerprint density at radius 3 is 2.63 bits per heavy atom. The van der Waals surface area contributed by atoms with Gasteiger partial charge in [-0.1, -0.05) is 17.7 Å². The zero-order valence-corrected chi connectivity index (χ0v) is 10.8. The molecular weight excluding hydrogens is 266 g/mol. The number of ether oxygens (including phenoxy) is 1. The van der Waals surface area contributed by atoms with Crippen molar-refractivity contribution in [3.63, 3.8) is 0 Å². The lowest BCUT2D eigenvalue weighted by Gasteiger charge is -2.08. The third-order valence-corrected chi connectivity index (χ3v) is 3.01. The summed E-state index contributed by atoms with van der Waals surface area (Å²) in [6.45, 7) is 1.96. The lowest BCUT2D eigenvalue weighted by molar-refractivity contribution is 0.314. The number of hydrogen-bond donors (Lipinski definition) is 1. The van der Waals surface area contributed by atoms with Gasteiger partial charge in [0.25, 0.3) is 0 Å². The molecule has 3 aromatic rings. The van der Waals surface area contributed by atoms with E-state index in [0.717, 1.165) is 5.56 Å². The van der Waals surface area contributed by atoms with E-state index in [1.165, 1.54) is 0 Å². The molecule has 6 heteroatoms. The molecule has 0 fully saturated rings. The van der Waals surface area contributed by atoms with E-state index >= 15 is 0 Å². The Labute approximate surface area is 113 Å². The van der Waals surface area contributed by atoms with Gasteiger partial charge < -0.3 is 10.5 Å². The van der Waals surface area contributed by atoms with Crippen molar-refractivity contribution in [2.24, 2.45) is 0 Å². The summed E-state index contributed by atoms with van der Waals surface area (Å²) in [7, 11) is 0. The molecule has 0 aliphatic carbocycles. The maximum absolute atomic E-state index is 6.13. The first-order chi connectivity index (χ1) is 9.15. The SMILES string of the molecule is Cc1ccc(Oc2ccc(N)c3nonc23)c(Cl)c1. The highest BCUT2D eigenvalue weighted by molar-refractivity contribution is 6.32. The fraction of sp³-hybridized carbons (Fsp3) is 0.0769. The number of nitrogens with two attached hydrogens (primary N) is 1. The second-order valence-electron chi connectivity index (χ2n) is 4.15. The summed E-state index contributed by atoms with van der Waals surface area (Å²) in [6.07, 6.45) is 0. The van der Waals surface area contributed by atoms with Crippen LogP contribution in [0.4, 0.5) is 5.69 Å². The Balaban J connectivity index is 2.06. The number of fused-ring (bicyclic) bond motifs is 1. The lowest BCUT2D eigenvalue weighted by atomic mass is 10.2. The smallest absolute Gasteiger partial charge is 0.179 e. The molecule has 19 heavy (non-hydrogen) atoms. The number of nitrogen functional groups attached to an aromatic ring is 1. The average molecular weight is 276 g/mol. The van der Waals surface area contributed by atoms with Gasteiger partial charge in [-0.05, 0) is 47.1 Å². The Bertz CT molecular complexity index is 755. The third-order valence-electron chi connectivity index (χ3n) is 2.72. The van der Waals surface area contributed by atoms with Crippen molar-refractivity contribution in [3.05, 3.63) is 40.9 Å². The van der Waals surface area contributed by atoms with Crippen molar-refractivity contribution in [2.45, 2.75) is 6.92 Å². The average Bonchev–Trinajstić information content (AvgIpc) is 2.86. The number of rotatable bonds is 2. The van der Waals surface area contributed by atoms with Crippen molar-refractivity contribution < 1.29 is 9.37 Å². The van der Waals surface area contributed by atoms with Crippen LogP contribution < -0.4 is 10.5 Å².